The molecule has 1 rings (SSSR count). The number of hydrogen-bond donors (Lipinski definition) is 1. The first-order valence-electron chi connectivity index (χ1n) is 6.29. The number of hydrogen-bond acceptors (Lipinski definition) is 6. The summed E-state index contributed by atoms with van der Waals surface area (Å²) in [5.74, 6) is -0.499. The lowest BCUT2D eigenvalue weighted by atomic mass is 10.2. The number of carbonyl (C=O) groups is 1. The monoisotopic (exact) mass is 317 g/mol. The fourth-order valence-electron chi connectivity index (χ4n) is 1.59. The van der Waals surface area contributed by atoms with Gasteiger partial charge in [-0.2, -0.15) is 0 Å². The van der Waals surface area contributed by atoms with Crippen LogP contribution in [0, 0.1) is 0 Å². The molecule has 0 aliphatic carbocycles. The average molecular weight is 317 g/mol. The number of primary sulfonamides is 1. The number of benzene rings is 1. The van der Waals surface area contributed by atoms with Gasteiger partial charge >= 0.3 is 5.97 Å². The van der Waals surface area contributed by atoms with E-state index in [2.05, 4.69) is 0 Å². The van der Waals surface area contributed by atoms with E-state index in [4.69, 9.17) is 19.3 Å². The second kappa shape index (κ2) is 7.39. The molecule has 0 bridgehead atoms. The molecule has 0 aliphatic heterocycles. The number of rotatable bonds is 7. The van der Waals surface area contributed by atoms with Crippen molar-refractivity contribution >= 4 is 16.0 Å². The topological polar surface area (TPSA) is 105 Å². The van der Waals surface area contributed by atoms with Crippen molar-refractivity contribution in [1.82, 2.24) is 0 Å². The van der Waals surface area contributed by atoms with Gasteiger partial charge in [-0.25, -0.2) is 18.4 Å². The zero-order valence-corrected chi connectivity index (χ0v) is 13.0. The Morgan fingerprint density at radius 1 is 1.38 bits per heavy atom. The van der Waals surface area contributed by atoms with E-state index in [0.29, 0.717) is 6.61 Å². The zero-order valence-electron chi connectivity index (χ0n) is 12.2. The number of ether oxygens (including phenoxy) is 3. The van der Waals surface area contributed by atoms with Gasteiger partial charge in [0, 0.05) is 6.61 Å². The van der Waals surface area contributed by atoms with Gasteiger partial charge in [0.1, 0.15) is 17.4 Å². The van der Waals surface area contributed by atoms with E-state index in [-0.39, 0.29) is 22.8 Å². The third-order valence-corrected chi connectivity index (χ3v) is 3.50. The first kappa shape index (κ1) is 17.4. The number of nitrogens with two attached hydrogens (primary N) is 1. The molecule has 1 aromatic rings. The predicted octanol–water partition coefficient (Wildman–Crippen LogP) is 0.924. The van der Waals surface area contributed by atoms with Crippen molar-refractivity contribution in [2.75, 3.05) is 20.3 Å². The molecule has 0 aliphatic rings. The van der Waals surface area contributed by atoms with Crippen molar-refractivity contribution in [3.05, 3.63) is 23.8 Å². The van der Waals surface area contributed by atoms with Crippen LogP contribution in [0.25, 0.3) is 0 Å². The summed E-state index contributed by atoms with van der Waals surface area (Å²) >= 11 is 0. The number of methoxy groups -OCH3 is 1. The molecular weight excluding hydrogens is 298 g/mol. The van der Waals surface area contributed by atoms with Crippen LogP contribution >= 0.6 is 0 Å². The van der Waals surface area contributed by atoms with Crippen LogP contribution in [-0.2, 0) is 19.5 Å². The third kappa shape index (κ3) is 5.00. The van der Waals surface area contributed by atoms with Crippen LogP contribution < -0.4 is 9.88 Å². The quantitative estimate of drug-likeness (QED) is 0.750. The molecule has 0 saturated heterocycles. The minimum Gasteiger partial charge on any atom is -0.496 e. The second-order valence-corrected chi connectivity index (χ2v) is 5.84. The lowest BCUT2D eigenvalue weighted by Crippen LogP contribution is -2.21. The molecule has 21 heavy (non-hydrogen) atoms. The molecule has 0 amide bonds. The van der Waals surface area contributed by atoms with E-state index < -0.39 is 22.1 Å². The summed E-state index contributed by atoms with van der Waals surface area (Å²) in [7, 11) is -2.55. The highest BCUT2D eigenvalue weighted by Gasteiger charge is 2.20. The Labute approximate surface area is 124 Å². The summed E-state index contributed by atoms with van der Waals surface area (Å²) in [5, 5.41) is 5.04. The van der Waals surface area contributed by atoms with E-state index in [1.54, 1.807) is 6.92 Å². The Hall–Kier alpha value is -1.64. The smallest absolute Gasteiger partial charge is 0.342 e. The molecule has 8 heteroatoms. The van der Waals surface area contributed by atoms with Gasteiger partial charge in [0.25, 0.3) is 0 Å². The molecule has 0 spiro atoms. The van der Waals surface area contributed by atoms with Crippen LogP contribution in [0.4, 0.5) is 0 Å². The fourth-order valence-corrected chi connectivity index (χ4v) is 2.13. The van der Waals surface area contributed by atoms with Crippen LogP contribution in [0.2, 0.25) is 0 Å². The molecule has 0 fully saturated rings. The van der Waals surface area contributed by atoms with E-state index in [0.717, 1.165) is 6.07 Å². The molecule has 0 heterocycles. The minimum absolute atomic E-state index is 0.00706. The molecule has 1 aromatic carbocycles. The molecule has 0 radical (unpaired) electrons. The molecule has 1 atom stereocenters. The van der Waals surface area contributed by atoms with Gasteiger partial charge in [-0.05, 0) is 32.0 Å². The highest BCUT2D eigenvalue weighted by molar-refractivity contribution is 7.89. The van der Waals surface area contributed by atoms with E-state index in [1.807, 2.05) is 6.92 Å². The van der Waals surface area contributed by atoms with Gasteiger partial charge in [-0.3, -0.25) is 0 Å². The van der Waals surface area contributed by atoms with Gasteiger partial charge in [-0.1, -0.05) is 0 Å². The zero-order chi connectivity index (χ0) is 16.0. The normalized spacial score (nSPS) is 12.8. The lowest BCUT2D eigenvalue weighted by molar-refractivity contribution is 0.00413. The fraction of sp³-hybridized carbons (Fsp3) is 0.462. The highest BCUT2D eigenvalue weighted by Crippen LogP contribution is 2.23. The van der Waals surface area contributed by atoms with E-state index in [9.17, 15) is 13.2 Å². The van der Waals surface area contributed by atoms with Crippen LogP contribution in [0.1, 0.15) is 24.2 Å². The minimum atomic E-state index is -3.91. The maximum absolute atomic E-state index is 12.1. The number of sulfonamides is 1. The van der Waals surface area contributed by atoms with E-state index >= 15 is 0 Å². The molecule has 7 nitrogen and oxygen atoms in total. The van der Waals surface area contributed by atoms with Gasteiger partial charge < -0.3 is 14.2 Å². The Balaban J connectivity index is 3.01. The van der Waals surface area contributed by atoms with Crippen LogP contribution in [0.3, 0.4) is 0 Å². The molecule has 118 valence electrons. The van der Waals surface area contributed by atoms with Gasteiger partial charge in [-0.15, -0.1) is 0 Å². The third-order valence-electron chi connectivity index (χ3n) is 2.58. The van der Waals surface area contributed by atoms with Crippen LogP contribution in [0.15, 0.2) is 23.1 Å². The van der Waals surface area contributed by atoms with Crippen molar-refractivity contribution in [2.24, 2.45) is 5.14 Å². The Morgan fingerprint density at radius 3 is 2.57 bits per heavy atom. The predicted molar refractivity (Wildman–Crippen MR) is 75.7 cm³/mol. The van der Waals surface area contributed by atoms with Crippen LogP contribution in [-0.4, -0.2) is 40.8 Å². The maximum Gasteiger partial charge on any atom is 0.342 e. The van der Waals surface area contributed by atoms with Crippen LogP contribution in [0.5, 0.6) is 5.75 Å². The SMILES string of the molecule is CCOCC(C)OC(=O)c1cc(S(N)(=O)=O)ccc1OC. The Bertz CT molecular complexity index is 599. The summed E-state index contributed by atoms with van der Waals surface area (Å²) in [5.41, 5.74) is -0.00706. The molecule has 0 saturated carbocycles. The summed E-state index contributed by atoms with van der Waals surface area (Å²) in [6.45, 7) is 4.25. The molecule has 2 N–H and O–H groups in total. The van der Waals surface area contributed by atoms with Gasteiger partial charge in [0.15, 0.2) is 0 Å². The molecular formula is C13H19NO6S. The molecule has 1 unspecified atom stereocenters. The Kier molecular flexibility index (Phi) is 6.13. The standard InChI is InChI=1S/C13H19NO6S/c1-4-19-8-9(2)20-13(15)11-7-10(21(14,16)17)5-6-12(11)18-3/h5-7,9H,4,8H2,1-3H3,(H2,14,16,17). The first-order valence-corrected chi connectivity index (χ1v) is 7.83. The van der Waals surface area contributed by atoms with E-state index in [1.165, 1.54) is 19.2 Å². The average Bonchev–Trinajstić information content (AvgIpc) is 2.43. The van der Waals surface area contributed by atoms with Crippen molar-refractivity contribution in [1.29, 1.82) is 0 Å². The maximum atomic E-state index is 12.1. The summed E-state index contributed by atoms with van der Waals surface area (Å²) in [4.78, 5) is 11.9. The van der Waals surface area contributed by atoms with Gasteiger partial charge in [0.05, 0.1) is 18.6 Å². The number of carbonyl (C=O) groups excluding carboxylic acids is 1. The number of esters is 1. The van der Waals surface area contributed by atoms with Crippen molar-refractivity contribution in [3.8, 4) is 5.75 Å². The van der Waals surface area contributed by atoms with Crippen molar-refractivity contribution in [3.63, 3.8) is 0 Å². The van der Waals surface area contributed by atoms with Gasteiger partial charge in [0.2, 0.25) is 10.0 Å². The lowest BCUT2D eigenvalue weighted by Gasteiger charge is -2.15. The molecule has 0 aromatic heterocycles. The Morgan fingerprint density at radius 2 is 2.05 bits per heavy atom. The second-order valence-electron chi connectivity index (χ2n) is 4.28. The summed E-state index contributed by atoms with van der Waals surface area (Å²) in [6, 6.07) is 3.74. The summed E-state index contributed by atoms with van der Waals surface area (Å²) in [6.07, 6.45) is -0.472. The summed E-state index contributed by atoms with van der Waals surface area (Å²) < 4.78 is 38.0. The highest BCUT2D eigenvalue weighted by atomic mass is 32.2. The first-order chi connectivity index (χ1) is 9.79. The largest absolute Gasteiger partial charge is 0.496 e. The van der Waals surface area contributed by atoms with Crippen molar-refractivity contribution in [2.45, 2.75) is 24.8 Å². The van der Waals surface area contributed by atoms with Crippen molar-refractivity contribution < 1.29 is 27.4 Å².